The number of carbonyl (C=O) groups is 2. The van der Waals surface area contributed by atoms with E-state index in [0.29, 0.717) is 24.5 Å². The zero-order chi connectivity index (χ0) is 21.3. The van der Waals surface area contributed by atoms with Crippen LogP contribution in [0.15, 0.2) is 34.9 Å². The Kier molecular flexibility index (Phi) is 5.92. The van der Waals surface area contributed by atoms with Gasteiger partial charge in [-0.2, -0.15) is 0 Å². The molecule has 2 aromatic heterocycles. The number of carbonyl (C=O) groups excluding carboxylic acids is 2. The molecular formula is C21H22N4O3S2. The zero-order valence-corrected chi connectivity index (χ0v) is 18.6. The van der Waals surface area contributed by atoms with Gasteiger partial charge in [-0.15, -0.1) is 23.1 Å². The number of thiazole rings is 1. The first-order valence-electron chi connectivity index (χ1n) is 9.61. The van der Waals surface area contributed by atoms with Crippen molar-refractivity contribution in [1.29, 1.82) is 0 Å². The monoisotopic (exact) mass is 442 g/mol. The summed E-state index contributed by atoms with van der Waals surface area (Å²) >= 11 is 3.18. The number of aryl methyl sites for hydroxylation is 3. The van der Waals surface area contributed by atoms with Crippen LogP contribution in [-0.4, -0.2) is 51.1 Å². The average Bonchev–Trinajstić information content (AvgIpc) is 3.45. The normalized spacial score (nSPS) is 16.1. The van der Waals surface area contributed by atoms with Crippen molar-refractivity contribution in [3.8, 4) is 10.4 Å². The van der Waals surface area contributed by atoms with E-state index in [-0.39, 0.29) is 22.9 Å². The van der Waals surface area contributed by atoms with Gasteiger partial charge in [0.15, 0.2) is 5.69 Å². The van der Waals surface area contributed by atoms with E-state index < -0.39 is 0 Å². The van der Waals surface area contributed by atoms with Crippen LogP contribution in [0, 0.1) is 20.8 Å². The number of thioether (sulfide) groups is 1. The predicted octanol–water partition coefficient (Wildman–Crippen LogP) is 3.67. The second-order valence-corrected chi connectivity index (χ2v) is 9.63. The maximum absolute atomic E-state index is 13.4. The van der Waals surface area contributed by atoms with E-state index >= 15 is 0 Å². The average molecular weight is 443 g/mol. The maximum atomic E-state index is 13.4. The lowest BCUT2D eigenvalue weighted by molar-refractivity contribution is 0.0746. The van der Waals surface area contributed by atoms with Gasteiger partial charge in [0.2, 0.25) is 0 Å². The van der Waals surface area contributed by atoms with Crippen molar-refractivity contribution in [2.75, 3.05) is 18.8 Å². The highest BCUT2D eigenvalue weighted by molar-refractivity contribution is 8.00. The molecule has 9 heteroatoms. The predicted molar refractivity (Wildman–Crippen MR) is 118 cm³/mol. The van der Waals surface area contributed by atoms with Crippen LogP contribution in [0.1, 0.15) is 37.3 Å². The minimum Gasteiger partial charge on any atom is -0.361 e. The van der Waals surface area contributed by atoms with Gasteiger partial charge >= 0.3 is 0 Å². The van der Waals surface area contributed by atoms with Crippen molar-refractivity contribution >= 4 is 34.9 Å². The molecule has 0 saturated carbocycles. The van der Waals surface area contributed by atoms with E-state index in [1.807, 2.05) is 32.0 Å². The van der Waals surface area contributed by atoms with Gasteiger partial charge < -0.3 is 14.7 Å². The summed E-state index contributed by atoms with van der Waals surface area (Å²) in [6.07, 6.45) is 0. The molecule has 4 rings (SSSR count). The quantitative estimate of drug-likeness (QED) is 0.649. The Hall–Kier alpha value is -2.65. The number of hydrogen-bond acceptors (Lipinski definition) is 7. The fourth-order valence-corrected chi connectivity index (χ4v) is 5.42. The Bertz CT molecular complexity index is 1090. The highest BCUT2D eigenvalue weighted by atomic mass is 32.2. The topological polar surface area (TPSA) is 88.3 Å². The molecule has 156 valence electrons. The standard InChI is InChI=1S/C21H22N4O3S2/c1-12-5-4-6-15(9-12)19-18(23-14(3)30-19)21(27)25-7-8-29-17(25)11-22-20(26)16-10-13(2)28-24-16/h4-6,9-10,17H,7-8,11H2,1-3H3,(H,22,26). The summed E-state index contributed by atoms with van der Waals surface area (Å²) < 4.78 is 4.95. The molecule has 7 nitrogen and oxygen atoms in total. The lowest BCUT2D eigenvalue weighted by Gasteiger charge is -2.23. The molecule has 1 atom stereocenters. The molecule has 1 aliphatic rings. The third kappa shape index (κ3) is 4.27. The van der Waals surface area contributed by atoms with Crippen LogP contribution >= 0.6 is 23.1 Å². The summed E-state index contributed by atoms with van der Waals surface area (Å²) in [6, 6.07) is 9.69. The van der Waals surface area contributed by atoms with Crippen molar-refractivity contribution in [3.63, 3.8) is 0 Å². The first kappa shape index (κ1) is 20.6. The van der Waals surface area contributed by atoms with Gasteiger partial charge in [0, 0.05) is 24.9 Å². The maximum Gasteiger partial charge on any atom is 0.274 e. The number of nitrogens with zero attached hydrogens (tertiary/aromatic N) is 3. The van der Waals surface area contributed by atoms with Crippen LogP contribution in [0.25, 0.3) is 10.4 Å². The SMILES string of the molecule is Cc1cccc(-c2sc(C)nc2C(=O)N2CCSC2CNC(=O)c2cc(C)on2)c1. The third-order valence-corrected chi connectivity index (χ3v) is 7.01. The Morgan fingerprint density at radius 3 is 2.83 bits per heavy atom. The van der Waals surface area contributed by atoms with Crippen molar-refractivity contribution in [1.82, 2.24) is 20.4 Å². The highest BCUT2D eigenvalue weighted by Crippen LogP contribution is 2.33. The summed E-state index contributed by atoms with van der Waals surface area (Å²) in [6.45, 7) is 6.64. The molecule has 3 heterocycles. The Morgan fingerprint density at radius 2 is 2.10 bits per heavy atom. The molecule has 0 bridgehead atoms. The number of hydrogen-bond donors (Lipinski definition) is 1. The molecule has 2 amide bonds. The number of rotatable bonds is 5. The molecule has 1 unspecified atom stereocenters. The van der Waals surface area contributed by atoms with Crippen molar-refractivity contribution in [2.45, 2.75) is 26.1 Å². The van der Waals surface area contributed by atoms with Gasteiger partial charge in [-0.1, -0.05) is 35.0 Å². The van der Waals surface area contributed by atoms with Crippen molar-refractivity contribution < 1.29 is 14.1 Å². The number of amides is 2. The van der Waals surface area contributed by atoms with Gasteiger partial charge in [0.25, 0.3) is 11.8 Å². The molecule has 30 heavy (non-hydrogen) atoms. The van der Waals surface area contributed by atoms with Gasteiger partial charge in [0.1, 0.15) is 11.5 Å². The van der Waals surface area contributed by atoms with E-state index in [9.17, 15) is 9.59 Å². The second-order valence-electron chi connectivity index (χ2n) is 7.14. The summed E-state index contributed by atoms with van der Waals surface area (Å²) in [5, 5.41) is 7.29. The lowest BCUT2D eigenvalue weighted by atomic mass is 10.1. The summed E-state index contributed by atoms with van der Waals surface area (Å²) in [7, 11) is 0. The number of benzene rings is 1. The van der Waals surface area contributed by atoms with Crippen LogP contribution in [0.5, 0.6) is 0 Å². The molecule has 3 aromatic rings. The van der Waals surface area contributed by atoms with E-state index in [2.05, 4.69) is 21.5 Å². The molecule has 0 radical (unpaired) electrons. The fraction of sp³-hybridized carbons (Fsp3) is 0.333. The largest absolute Gasteiger partial charge is 0.361 e. The molecule has 0 aliphatic carbocycles. The Balaban J connectivity index is 1.51. The molecule has 1 saturated heterocycles. The number of aromatic nitrogens is 2. The fourth-order valence-electron chi connectivity index (χ4n) is 3.36. The minimum absolute atomic E-state index is 0.0996. The van der Waals surface area contributed by atoms with Gasteiger partial charge in [-0.05, 0) is 26.3 Å². The molecule has 1 N–H and O–H groups in total. The Morgan fingerprint density at radius 1 is 1.27 bits per heavy atom. The summed E-state index contributed by atoms with van der Waals surface area (Å²) in [4.78, 5) is 32.9. The molecular weight excluding hydrogens is 420 g/mol. The van der Waals surface area contributed by atoms with E-state index in [1.165, 1.54) is 11.3 Å². The van der Waals surface area contributed by atoms with Crippen LogP contribution < -0.4 is 5.32 Å². The van der Waals surface area contributed by atoms with Crippen LogP contribution in [-0.2, 0) is 0 Å². The third-order valence-electron chi connectivity index (χ3n) is 4.77. The van der Waals surface area contributed by atoms with Crippen molar-refractivity contribution in [3.05, 3.63) is 58.1 Å². The molecule has 1 aliphatic heterocycles. The molecule has 1 fully saturated rings. The van der Waals surface area contributed by atoms with Crippen LogP contribution in [0.4, 0.5) is 0 Å². The lowest BCUT2D eigenvalue weighted by Crippen LogP contribution is -2.42. The zero-order valence-electron chi connectivity index (χ0n) is 17.0. The molecule has 1 aromatic carbocycles. The van der Waals surface area contributed by atoms with E-state index in [1.54, 1.807) is 29.7 Å². The summed E-state index contributed by atoms with van der Waals surface area (Å²) in [5.74, 6) is 0.988. The first-order valence-corrected chi connectivity index (χ1v) is 11.5. The van der Waals surface area contributed by atoms with Crippen molar-refractivity contribution in [2.24, 2.45) is 0 Å². The first-order chi connectivity index (χ1) is 14.4. The minimum atomic E-state index is -0.309. The van der Waals surface area contributed by atoms with Crippen LogP contribution in [0.2, 0.25) is 0 Å². The summed E-state index contributed by atoms with van der Waals surface area (Å²) in [5.41, 5.74) is 2.86. The smallest absolute Gasteiger partial charge is 0.274 e. The highest BCUT2D eigenvalue weighted by Gasteiger charge is 2.33. The number of nitrogens with one attached hydrogen (secondary N) is 1. The Labute approximate surface area is 182 Å². The van der Waals surface area contributed by atoms with Gasteiger partial charge in [0.05, 0.1) is 15.3 Å². The van der Waals surface area contributed by atoms with Gasteiger partial charge in [-0.3, -0.25) is 9.59 Å². The van der Waals surface area contributed by atoms with E-state index in [0.717, 1.165) is 26.8 Å². The second kappa shape index (κ2) is 8.61. The van der Waals surface area contributed by atoms with Gasteiger partial charge in [-0.25, -0.2) is 4.98 Å². The molecule has 0 spiro atoms. The van der Waals surface area contributed by atoms with Crippen LogP contribution in [0.3, 0.4) is 0 Å². The van der Waals surface area contributed by atoms with E-state index in [4.69, 9.17) is 4.52 Å².